The second-order valence-electron chi connectivity index (χ2n) is 3.80. The van der Waals surface area contributed by atoms with E-state index in [1.54, 1.807) is 19.2 Å². The summed E-state index contributed by atoms with van der Waals surface area (Å²) in [5, 5.41) is 2.73. The summed E-state index contributed by atoms with van der Waals surface area (Å²) >= 11 is 0. The molecule has 0 bridgehead atoms. The van der Waals surface area contributed by atoms with Crippen LogP contribution in [0.4, 0.5) is 0 Å². The summed E-state index contributed by atoms with van der Waals surface area (Å²) in [7, 11) is 4.63. The van der Waals surface area contributed by atoms with Crippen LogP contribution >= 0.6 is 0 Å². The molecule has 0 aliphatic rings. The van der Waals surface area contributed by atoms with Crippen LogP contribution < -0.4 is 10.1 Å². The Hall–Kier alpha value is -1.59. The molecule has 0 saturated carbocycles. The van der Waals surface area contributed by atoms with Gasteiger partial charge in [-0.05, 0) is 24.6 Å². The molecule has 0 atom stereocenters. The van der Waals surface area contributed by atoms with Gasteiger partial charge in [-0.2, -0.15) is 0 Å². The molecule has 0 radical (unpaired) electrons. The number of rotatable bonds is 6. The fourth-order valence-corrected chi connectivity index (χ4v) is 1.50. The largest absolute Gasteiger partial charge is 0.496 e. The van der Waals surface area contributed by atoms with Gasteiger partial charge < -0.3 is 19.5 Å². The first-order valence-corrected chi connectivity index (χ1v) is 5.60. The van der Waals surface area contributed by atoms with E-state index in [1.807, 2.05) is 13.0 Å². The number of ether oxygens (including phenoxy) is 3. The highest BCUT2D eigenvalue weighted by molar-refractivity contribution is 5.94. The average Bonchev–Trinajstić information content (AvgIpc) is 2.40. The molecule has 1 rings (SSSR count). The maximum Gasteiger partial charge on any atom is 0.251 e. The van der Waals surface area contributed by atoms with Gasteiger partial charge in [0.1, 0.15) is 5.75 Å². The number of benzene rings is 1. The highest BCUT2D eigenvalue weighted by Crippen LogP contribution is 2.18. The van der Waals surface area contributed by atoms with Crippen molar-refractivity contribution < 1.29 is 19.0 Å². The van der Waals surface area contributed by atoms with Crippen LogP contribution in [0.25, 0.3) is 0 Å². The molecule has 5 heteroatoms. The van der Waals surface area contributed by atoms with E-state index in [-0.39, 0.29) is 5.91 Å². The van der Waals surface area contributed by atoms with Crippen LogP contribution in [-0.2, 0) is 9.47 Å². The Morgan fingerprint density at radius 3 is 2.50 bits per heavy atom. The highest BCUT2D eigenvalue weighted by atomic mass is 16.7. The smallest absolute Gasteiger partial charge is 0.251 e. The summed E-state index contributed by atoms with van der Waals surface area (Å²) in [6.07, 6.45) is -0.443. The van der Waals surface area contributed by atoms with E-state index in [1.165, 1.54) is 14.2 Å². The minimum atomic E-state index is -0.443. The van der Waals surface area contributed by atoms with Crippen LogP contribution in [0.3, 0.4) is 0 Å². The lowest BCUT2D eigenvalue weighted by Gasteiger charge is -2.14. The van der Waals surface area contributed by atoms with Crippen molar-refractivity contribution in [1.82, 2.24) is 5.32 Å². The summed E-state index contributed by atoms with van der Waals surface area (Å²) in [5.41, 5.74) is 1.53. The van der Waals surface area contributed by atoms with Crippen molar-refractivity contribution in [2.75, 3.05) is 27.9 Å². The molecule has 0 heterocycles. The molecule has 0 fully saturated rings. The van der Waals surface area contributed by atoms with E-state index in [0.29, 0.717) is 17.9 Å². The standard InChI is InChI=1S/C13H19NO4/c1-9-5-6-10(7-11(9)16-2)13(15)14-8-12(17-3)18-4/h5-7,12H,8H2,1-4H3,(H,14,15). The number of hydrogen-bond donors (Lipinski definition) is 1. The van der Waals surface area contributed by atoms with Crippen LogP contribution in [0.1, 0.15) is 15.9 Å². The molecule has 0 aliphatic heterocycles. The Balaban J connectivity index is 2.67. The zero-order valence-corrected chi connectivity index (χ0v) is 11.1. The zero-order valence-electron chi connectivity index (χ0n) is 11.1. The molecule has 0 unspecified atom stereocenters. The van der Waals surface area contributed by atoms with E-state index in [0.717, 1.165) is 5.56 Å². The van der Waals surface area contributed by atoms with Crippen LogP contribution in [0, 0.1) is 6.92 Å². The van der Waals surface area contributed by atoms with Crippen molar-refractivity contribution >= 4 is 5.91 Å². The Morgan fingerprint density at radius 2 is 1.94 bits per heavy atom. The van der Waals surface area contributed by atoms with Gasteiger partial charge in [-0.1, -0.05) is 6.07 Å². The number of carbonyl (C=O) groups is 1. The minimum Gasteiger partial charge on any atom is -0.496 e. The molecule has 0 spiro atoms. The molecule has 100 valence electrons. The summed E-state index contributed by atoms with van der Waals surface area (Å²) in [6.45, 7) is 2.22. The molecule has 18 heavy (non-hydrogen) atoms. The zero-order chi connectivity index (χ0) is 13.5. The molecule has 5 nitrogen and oxygen atoms in total. The minimum absolute atomic E-state index is 0.188. The average molecular weight is 253 g/mol. The fourth-order valence-electron chi connectivity index (χ4n) is 1.50. The maximum absolute atomic E-state index is 11.9. The van der Waals surface area contributed by atoms with E-state index >= 15 is 0 Å². The Labute approximate surface area is 107 Å². The molecule has 1 amide bonds. The molecular formula is C13H19NO4. The van der Waals surface area contributed by atoms with Gasteiger partial charge in [-0.15, -0.1) is 0 Å². The lowest BCUT2D eigenvalue weighted by atomic mass is 10.1. The van der Waals surface area contributed by atoms with Gasteiger partial charge in [0.25, 0.3) is 5.91 Å². The predicted molar refractivity (Wildman–Crippen MR) is 67.9 cm³/mol. The first-order chi connectivity index (χ1) is 8.62. The third kappa shape index (κ3) is 3.72. The summed E-state index contributed by atoms with van der Waals surface area (Å²) in [6, 6.07) is 5.30. The third-order valence-corrected chi connectivity index (χ3v) is 2.63. The van der Waals surface area contributed by atoms with E-state index < -0.39 is 6.29 Å². The molecule has 1 aromatic carbocycles. The monoisotopic (exact) mass is 253 g/mol. The van der Waals surface area contributed by atoms with Gasteiger partial charge in [0.05, 0.1) is 13.7 Å². The third-order valence-electron chi connectivity index (χ3n) is 2.63. The van der Waals surface area contributed by atoms with Gasteiger partial charge in [-0.3, -0.25) is 4.79 Å². The summed E-state index contributed by atoms with van der Waals surface area (Å²) < 4.78 is 15.2. The van der Waals surface area contributed by atoms with Gasteiger partial charge in [0.2, 0.25) is 0 Å². The van der Waals surface area contributed by atoms with Crippen LogP contribution in [0.2, 0.25) is 0 Å². The van der Waals surface area contributed by atoms with Gasteiger partial charge in [0, 0.05) is 19.8 Å². The van der Waals surface area contributed by atoms with Crippen LogP contribution in [0.5, 0.6) is 5.75 Å². The van der Waals surface area contributed by atoms with Crippen LogP contribution in [0.15, 0.2) is 18.2 Å². The fraction of sp³-hybridized carbons (Fsp3) is 0.462. The number of carbonyl (C=O) groups excluding carboxylic acids is 1. The van der Waals surface area contributed by atoms with Gasteiger partial charge in [-0.25, -0.2) is 0 Å². The molecule has 1 aromatic rings. The normalized spacial score (nSPS) is 10.5. The number of methoxy groups -OCH3 is 3. The second-order valence-corrected chi connectivity index (χ2v) is 3.80. The topological polar surface area (TPSA) is 56.8 Å². The SMILES string of the molecule is COc1cc(C(=O)NCC(OC)OC)ccc1C. The van der Waals surface area contributed by atoms with Gasteiger partial charge in [0.15, 0.2) is 6.29 Å². The van der Waals surface area contributed by atoms with E-state index in [9.17, 15) is 4.79 Å². The molecule has 1 N–H and O–H groups in total. The van der Waals surface area contributed by atoms with Crippen molar-refractivity contribution in [3.05, 3.63) is 29.3 Å². The van der Waals surface area contributed by atoms with E-state index in [2.05, 4.69) is 5.32 Å². The Bertz CT molecular complexity index is 402. The molecule has 0 aliphatic carbocycles. The quantitative estimate of drug-likeness (QED) is 0.778. The summed E-state index contributed by atoms with van der Waals surface area (Å²) in [5.74, 6) is 0.505. The molecule has 0 saturated heterocycles. The lowest BCUT2D eigenvalue weighted by molar-refractivity contribution is -0.0974. The number of nitrogens with one attached hydrogen (secondary N) is 1. The first kappa shape index (κ1) is 14.5. The van der Waals surface area contributed by atoms with Crippen LogP contribution in [-0.4, -0.2) is 40.1 Å². The Kier molecular flexibility index (Phi) is 5.61. The van der Waals surface area contributed by atoms with Crippen molar-refractivity contribution in [3.8, 4) is 5.75 Å². The first-order valence-electron chi connectivity index (χ1n) is 5.60. The lowest BCUT2D eigenvalue weighted by Crippen LogP contribution is -2.34. The van der Waals surface area contributed by atoms with Gasteiger partial charge >= 0.3 is 0 Å². The predicted octanol–water partition coefficient (Wildman–Crippen LogP) is 1.35. The molecular weight excluding hydrogens is 234 g/mol. The van der Waals surface area contributed by atoms with Crippen molar-refractivity contribution in [2.45, 2.75) is 13.2 Å². The van der Waals surface area contributed by atoms with E-state index in [4.69, 9.17) is 14.2 Å². The number of hydrogen-bond acceptors (Lipinski definition) is 4. The van der Waals surface area contributed by atoms with Crippen molar-refractivity contribution in [2.24, 2.45) is 0 Å². The Morgan fingerprint density at radius 1 is 1.28 bits per heavy atom. The highest BCUT2D eigenvalue weighted by Gasteiger charge is 2.11. The second kappa shape index (κ2) is 6.98. The molecule has 0 aromatic heterocycles. The number of aryl methyl sites for hydroxylation is 1. The van der Waals surface area contributed by atoms with Crippen molar-refractivity contribution in [3.63, 3.8) is 0 Å². The van der Waals surface area contributed by atoms with Crippen molar-refractivity contribution in [1.29, 1.82) is 0 Å². The summed E-state index contributed by atoms with van der Waals surface area (Å²) in [4.78, 5) is 11.9. The number of amides is 1. The maximum atomic E-state index is 11.9.